The third-order valence-electron chi connectivity index (χ3n) is 4.09. The van der Waals surface area contributed by atoms with Gasteiger partial charge in [-0.15, -0.1) is 0 Å². The Morgan fingerprint density at radius 1 is 1.23 bits per heavy atom. The standard InChI is InChI=1S/C18H20N2O5S/c1-3-26(22,23)20-12-17(25-16-11-7-5-9-14(16)20)18(21)19-13-8-4-6-10-15(13)24-2/h4-11,17H,3,12H2,1-2H3,(H,19,21)/t17-/m1/s1. The minimum absolute atomic E-state index is 0.0673. The van der Waals surface area contributed by atoms with Crippen molar-refractivity contribution >= 4 is 27.3 Å². The number of fused-ring (bicyclic) bond motifs is 1. The smallest absolute Gasteiger partial charge is 0.267 e. The zero-order valence-corrected chi connectivity index (χ0v) is 15.3. The highest BCUT2D eigenvalue weighted by Gasteiger charge is 2.36. The van der Waals surface area contributed by atoms with Crippen LogP contribution in [0.1, 0.15) is 6.92 Å². The molecular formula is C18H20N2O5S. The Labute approximate surface area is 152 Å². The van der Waals surface area contributed by atoms with E-state index in [9.17, 15) is 13.2 Å². The lowest BCUT2D eigenvalue weighted by Crippen LogP contribution is -2.49. The van der Waals surface area contributed by atoms with E-state index in [0.717, 1.165) is 0 Å². The van der Waals surface area contributed by atoms with Crippen molar-refractivity contribution in [2.24, 2.45) is 0 Å². The van der Waals surface area contributed by atoms with Crippen LogP contribution in [-0.4, -0.2) is 39.8 Å². The summed E-state index contributed by atoms with van der Waals surface area (Å²) in [5.41, 5.74) is 0.933. The molecule has 0 saturated carbocycles. The molecule has 1 amide bonds. The molecule has 0 spiro atoms. The number of hydrogen-bond acceptors (Lipinski definition) is 5. The number of nitrogens with one attached hydrogen (secondary N) is 1. The lowest BCUT2D eigenvalue weighted by atomic mass is 10.2. The van der Waals surface area contributed by atoms with Crippen LogP contribution in [0.5, 0.6) is 11.5 Å². The Morgan fingerprint density at radius 3 is 2.65 bits per heavy atom. The van der Waals surface area contributed by atoms with Crippen LogP contribution in [0.15, 0.2) is 48.5 Å². The summed E-state index contributed by atoms with van der Waals surface area (Å²) in [5, 5.41) is 2.74. The van der Waals surface area contributed by atoms with E-state index in [2.05, 4.69) is 5.32 Å². The summed E-state index contributed by atoms with van der Waals surface area (Å²) in [5.74, 6) is 0.355. The van der Waals surface area contributed by atoms with Crippen LogP contribution < -0.4 is 19.1 Å². The van der Waals surface area contributed by atoms with Gasteiger partial charge in [-0.3, -0.25) is 9.10 Å². The molecule has 2 aromatic carbocycles. The van der Waals surface area contributed by atoms with Gasteiger partial charge in [0.15, 0.2) is 6.10 Å². The molecule has 0 bridgehead atoms. The number of sulfonamides is 1. The minimum Gasteiger partial charge on any atom is -0.495 e. The Balaban J connectivity index is 1.89. The molecular weight excluding hydrogens is 356 g/mol. The van der Waals surface area contributed by atoms with E-state index < -0.39 is 22.0 Å². The molecule has 0 aromatic heterocycles. The van der Waals surface area contributed by atoms with Gasteiger partial charge < -0.3 is 14.8 Å². The monoisotopic (exact) mass is 376 g/mol. The number of ether oxygens (including phenoxy) is 2. The molecule has 0 radical (unpaired) electrons. The van der Waals surface area contributed by atoms with Crippen LogP contribution in [0, 0.1) is 0 Å². The van der Waals surface area contributed by atoms with Gasteiger partial charge in [-0.05, 0) is 31.2 Å². The maximum Gasteiger partial charge on any atom is 0.267 e. The van der Waals surface area contributed by atoms with Crippen LogP contribution >= 0.6 is 0 Å². The largest absolute Gasteiger partial charge is 0.495 e. The summed E-state index contributed by atoms with van der Waals surface area (Å²) < 4.78 is 37.1. The number of carbonyl (C=O) groups excluding carboxylic acids is 1. The molecule has 7 nitrogen and oxygen atoms in total. The average molecular weight is 376 g/mol. The Morgan fingerprint density at radius 2 is 1.92 bits per heavy atom. The molecule has 138 valence electrons. The fourth-order valence-corrected chi connectivity index (χ4v) is 3.84. The van der Waals surface area contributed by atoms with E-state index in [4.69, 9.17) is 9.47 Å². The van der Waals surface area contributed by atoms with Gasteiger partial charge in [0.1, 0.15) is 11.5 Å². The molecule has 1 aliphatic rings. The van der Waals surface area contributed by atoms with Crippen molar-refractivity contribution in [3.05, 3.63) is 48.5 Å². The number of nitrogens with zero attached hydrogens (tertiary/aromatic N) is 1. The maximum absolute atomic E-state index is 12.7. The fraction of sp³-hybridized carbons (Fsp3) is 0.278. The molecule has 8 heteroatoms. The molecule has 2 aromatic rings. The van der Waals surface area contributed by atoms with Gasteiger partial charge >= 0.3 is 0 Å². The Bertz CT molecular complexity index is 913. The van der Waals surface area contributed by atoms with Crippen molar-refractivity contribution < 1.29 is 22.7 Å². The molecule has 1 N–H and O–H groups in total. The highest BCUT2D eigenvalue weighted by molar-refractivity contribution is 7.92. The topological polar surface area (TPSA) is 84.9 Å². The lowest BCUT2D eigenvalue weighted by molar-refractivity contribution is -0.122. The Kier molecular flexibility index (Phi) is 5.03. The second kappa shape index (κ2) is 7.25. The molecule has 1 atom stereocenters. The first-order valence-corrected chi connectivity index (χ1v) is 9.77. The van der Waals surface area contributed by atoms with Crippen LogP contribution in [0.2, 0.25) is 0 Å². The molecule has 1 aliphatic heterocycles. The zero-order chi connectivity index (χ0) is 18.7. The molecule has 1 heterocycles. The van der Waals surface area contributed by atoms with Crippen LogP contribution in [0.25, 0.3) is 0 Å². The van der Waals surface area contributed by atoms with E-state index in [-0.39, 0.29) is 12.3 Å². The van der Waals surface area contributed by atoms with Crippen molar-refractivity contribution in [3.8, 4) is 11.5 Å². The first-order chi connectivity index (χ1) is 12.5. The normalized spacial score (nSPS) is 16.4. The van der Waals surface area contributed by atoms with Crippen molar-refractivity contribution in [2.45, 2.75) is 13.0 Å². The summed E-state index contributed by atoms with van der Waals surface area (Å²) >= 11 is 0. The van der Waals surface area contributed by atoms with Gasteiger partial charge in [-0.1, -0.05) is 24.3 Å². The van der Waals surface area contributed by atoms with Gasteiger partial charge in [0, 0.05) is 0 Å². The first kappa shape index (κ1) is 18.1. The van der Waals surface area contributed by atoms with Gasteiger partial charge in [0.05, 0.1) is 30.8 Å². The average Bonchev–Trinajstić information content (AvgIpc) is 2.67. The number of anilines is 2. The van der Waals surface area contributed by atoms with E-state index >= 15 is 0 Å². The summed E-state index contributed by atoms with van der Waals surface area (Å²) in [6.07, 6.45) is -0.976. The number of hydrogen-bond donors (Lipinski definition) is 1. The molecule has 0 aliphatic carbocycles. The molecule has 26 heavy (non-hydrogen) atoms. The van der Waals surface area contributed by atoms with Crippen LogP contribution in [-0.2, 0) is 14.8 Å². The summed E-state index contributed by atoms with van der Waals surface area (Å²) in [4.78, 5) is 12.7. The fourth-order valence-electron chi connectivity index (χ4n) is 2.72. The lowest BCUT2D eigenvalue weighted by Gasteiger charge is -2.34. The number of amides is 1. The second-order valence-electron chi connectivity index (χ2n) is 5.70. The molecule has 0 fully saturated rings. The van der Waals surface area contributed by atoms with Gasteiger partial charge in [-0.2, -0.15) is 0 Å². The maximum atomic E-state index is 12.7. The number of rotatable bonds is 5. The van der Waals surface area contributed by atoms with E-state index in [1.54, 1.807) is 55.5 Å². The number of methoxy groups -OCH3 is 1. The summed E-state index contributed by atoms with van der Waals surface area (Å²) in [6.45, 7) is 1.48. The second-order valence-corrected chi connectivity index (χ2v) is 7.88. The zero-order valence-electron chi connectivity index (χ0n) is 14.5. The quantitative estimate of drug-likeness (QED) is 0.865. The molecule has 0 saturated heterocycles. The third kappa shape index (κ3) is 3.45. The van der Waals surface area contributed by atoms with Crippen LogP contribution in [0.4, 0.5) is 11.4 Å². The highest BCUT2D eigenvalue weighted by Crippen LogP contribution is 2.35. The van der Waals surface area contributed by atoms with Crippen molar-refractivity contribution in [3.63, 3.8) is 0 Å². The highest BCUT2D eigenvalue weighted by atomic mass is 32.2. The predicted molar refractivity (Wildman–Crippen MR) is 99.3 cm³/mol. The van der Waals surface area contributed by atoms with Crippen molar-refractivity contribution in [2.75, 3.05) is 29.0 Å². The van der Waals surface area contributed by atoms with E-state index in [0.29, 0.717) is 22.9 Å². The van der Waals surface area contributed by atoms with Crippen molar-refractivity contribution in [1.29, 1.82) is 0 Å². The number of para-hydroxylation sites is 4. The van der Waals surface area contributed by atoms with Crippen LogP contribution in [0.3, 0.4) is 0 Å². The summed E-state index contributed by atoms with van der Waals surface area (Å²) in [6, 6.07) is 13.8. The third-order valence-corrected chi connectivity index (χ3v) is 5.84. The first-order valence-electron chi connectivity index (χ1n) is 8.16. The number of benzene rings is 2. The Hall–Kier alpha value is -2.74. The molecule has 0 unspecified atom stereocenters. The SMILES string of the molecule is CCS(=O)(=O)N1C[C@H](C(=O)Nc2ccccc2OC)Oc2ccccc21. The molecule has 3 rings (SSSR count). The van der Waals surface area contributed by atoms with Gasteiger partial charge in [0.2, 0.25) is 10.0 Å². The van der Waals surface area contributed by atoms with Gasteiger partial charge in [-0.25, -0.2) is 8.42 Å². The summed E-state index contributed by atoms with van der Waals surface area (Å²) in [7, 11) is -2.03. The van der Waals surface area contributed by atoms with Gasteiger partial charge in [0.25, 0.3) is 5.91 Å². The number of carbonyl (C=O) groups is 1. The minimum atomic E-state index is -3.54. The van der Waals surface area contributed by atoms with E-state index in [1.165, 1.54) is 11.4 Å². The van der Waals surface area contributed by atoms with Crippen molar-refractivity contribution in [1.82, 2.24) is 0 Å². The van der Waals surface area contributed by atoms with E-state index in [1.807, 2.05) is 0 Å². The predicted octanol–water partition coefficient (Wildman–Crippen LogP) is 2.25.